The zero-order chi connectivity index (χ0) is 8.36. The third-order valence-corrected chi connectivity index (χ3v) is 2.27. The first-order valence-corrected chi connectivity index (χ1v) is 3.91. The highest BCUT2D eigenvalue weighted by atomic mass is 32.1. The summed E-state index contributed by atoms with van der Waals surface area (Å²) < 4.78 is 0. The molecule has 0 rings (SSSR count). The number of thiocarbonyl (C=S) groups is 1. The normalized spacial score (nSPS) is 14.5. The van der Waals surface area contributed by atoms with E-state index in [2.05, 4.69) is 33.2 Å². The second-order valence-corrected chi connectivity index (χ2v) is 3.93. The van der Waals surface area contributed by atoms with Gasteiger partial charge in [0, 0.05) is 13.1 Å². The van der Waals surface area contributed by atoms with Gasteiger partial charge >= 0.3 is 0 Å². The van der Waals surface area contributed by atoms with Crippen molar-refractivity contribution in [1.82, 2.24) is 4.90 Å². The molecule has 0 fully saturated rings. The van der Waals surface area contributed by atoms with Gasteiger partial charge in [0.05, 0.1) is 0 Å². The lowest BCUT2D eigenvalue weighted by atomic mass is 9.87. The van der Waals surface area contributed by atoms with Crippen molar-refractivity contribution in [2.24, 2.45) is 5.41 Å². The first kappa shape index (κ1) is 9.89. The Labute approximate surface area is 69.4 Å². The van der Waals surface area contributed by atoms with E-state index in [0.29, 0.717) is 6.04 Å². The molecule has 0 bridgehead atoms. The van der Waals surface area contributed by atoms with Gasteiger partial charge < -0.3 is 4.90 Å². The Balaban J connectivity index is 4.07. The van der Waals surface area contributed by atoms with Crippen molar-refractivity contribution in [3.8, 4) is 0 Å². The van der Waals surface area contributed by atoms with E-state index in [1.54, 1.807) is 0 Å². The molecule has 59 valence electrons. The zero-order valence-electron chi connectivity index (χ0n) is 7.43. The lowest BCUT2D eigenvalue weighted by Crippen LogP contribution is -2.37. The van der Waals surface area contributed by atoms with Crippen molar-refractivity contribution >= 4 is 17.7 Å². The molecule has 0 aliphatic rings. The summed E-state index contributed by atoms with van der Waals surface area (Å²) in [5.74, 6) is 0. The molecule has 0 amide bonds. The average Bonchev–Trinajstić information content (AvgIpc) is 1.83. The van der Waals surface area contributed by atoms with Gasteiger partial charge in [-0.1, -0.05) is 33.0 Å². The molecular weight excluding hydrogens is 142 g/mol. The Morgan fingerprint density at radius 3 is 1.90 bits per heavy atom. The molecule has 0 aliphatic carbocycles. The number of rotatable bonds is 2. The monoisotopic (exact) mass is 158 g/mol. The van der Waals surface area contributed by atoms with Crippen LogP contribution >= 0.6 is 12.2 Å². The highest BCUT2D eigenvalue weighted by Gasteiger charge is 2.22. The second-order valence-electron chi connectivity index (χ2n) is 3.74. The predicted octanol–water partition coefficient (Wildman–Crippen LogP) is 2.19. The van der Waals surface area contributed by atoms with Crippen molar-refractivity contribution < 1.29 is 0 Å². The van der Waals surface area contributed by atoms with Crippen molar-refractivity contribution in [3.63, 3.8) is 0 Å². The molecule has 0 saturated carbocycles. The van der Waals surface area contributed by atoms with Gasteiger partial charge in [0.15, 0.2) is 0 Å². The largest absolute Gasteiger partial charge is 0.360 e. The van der Waals surface area contributed by atoms with Crippen LogP contribution in [0.4, 0.5) is 0 Å². The molecule has 0 N–H and O–H groups in total. The van der Waals surface area contributed by atoms with Gasteiger partial charge in [-0.25, -0.2) is 0 Å². The fourth-order valence-electron chi connectivity index (χ4n) is 0.660. The maximum atomic E-state index is 4.70. The minimum Gasteiger partial charge on any atom is -0.360 e. The van der Waals surface area contributed by atoms with Crippen molar-refractivity contribution in [2.75, 3.05) is 7.05 Å². The summed E-state index contributed by atoms with van der Waals surface area (Å²) in [7, 11) is 1.96. The molecule has 0 aromatic rings. The Bertz CT molecular complexity index is 115. The molecule has 0 aromatic carbocycles. The van der Waals surface area contributed by atoms with E-state index in [1.807, 2.05) is 11.9 Å². The molecule has 1 nitrogen and oxygen atoms in total. The van der Waals surface area contributed by atoms with Crippen LogP contribution in [0.1, 0.15) is 27.7 Å². The molecule has 1 unspecified atom stereocenters. The van der Waals surface area contributed by atoms with Crippen LogP contribution in [0.2, 0.25) is 0 Å². The maximum Gasteiger partial charge on any atom is 0.136 e. The van der Waals surface area contributed by atoms with E-state index in [0.717, 1.165) is 0 Å². The van der Waals surface area contributed by atoms with Crippen LogP contribution in [0.3, 0.4) is 0 Å². The van der Waals surface area contributed by atoms with Gasteiger partial charge in [-0.3, -0.25) is 0 Å². The van der Waals surface area contributed by atoms with E-state index >= 15 is 0 Å². The van der Waals surface area contributed by atoms with Crippen molar-refractivity contribution in [2.45, 2.75) is 33.7 Å². The van der Waals surface area contributed by atoms with Crippen molar-refractivity contribution in [1.29, 1.82) is 0 Å². The Morgan fingerprint density at radius 1 is 1.40 bits per heavy atom. The fraction of sp³-hybridized carbons (Fsp3) is 0.875. The SMILES string of the molecule is CC(N(C)[C]=S)C(C)(C)C. The molecule has 0 aliphatic heterocycles. The minimum absolute atomic E-state index is 0.278. The van der Waals surface area contributed by atoms with Gasteiger partial charge in [-0.15, -0.1) is 0 Å². The summed E-state index contributed by atoms with van der Waals surface area (Å²) >= 11 is 4.70. The number of hydrogen-bond donors (Lipinski definition) is 0. The molecule has 2 heteroatoms. The zero-order valence-corrected chi connectivity index (χ0v) is 8.25. The number of hydrogen-bond acceptors (Lipinski definition) is 1. The van der Waals surface area contributed by atoms with Crippen molar-refractivity contribution in [3.05, 3.63) is 0 Å². The summed E-state index contributed by atoms with van der Waals surface area (Å²) in [6.45, 7) is 8.74. The molecule has 0 saturated heterocycles. The molecule has 0 spiro atoms. The quantitative estimate of drug-likeness (QED) is 0.447. The lowest BCUT2D eigenvalue weighted by Gasteiger charge is -2.33. The third-order valence-electron chi connectivity index (χ3n) is 1.98. The van der Waals surface area contributed by atoms with Gasteiger partial charge in [-0.05, 0) is 12.3 Å². The second kappa shape index (κ2) is 3.33. The lowest BCUT2D eigenvalue weighted by molar-refractivity contribution is 0.215. The Kier molecular flexibility index (Phi) is 3.29. The van der Waals surface area contributed by atoms with Crippen LogP contribution in [-0.4, -0.2) is 23.5 Å². The molecule has 0 aromatic heterocycles. The maximum absolute atomic E-state index is 4.70. The van der Waals surface area contributed by atoms with Gasteiger partial charge in [0.2, 0.25) is 0 Å². The van der Waals surface area contributed by atoms with E-state index in [1.165, 1.54) is 0 Å². The average molecular weight is 158 g/mol. The van der Waals surface area contributed by atoms with E-state index in [4.69, 9.17) is 12.2 Å². The molecule has 0 heterocycles. The van der Waals surface area contributed by atoms with Gasteiger partial charge in [0.1, 0.15) is 5.49 Å². The first-order chi connectivity index (χ1) is 4.39. The Morgan fingerprint density at radius 2 is 1.80 bits per heavy atom. The van der Waals surface area contributed by atoms with Crippen LogP contribution in [0, 0.1) is 5.41 Å². The van der Waals surface area contributed by atoms with Crippen LogP contribution in [0.5, 0.6) is 0 Å². The summed E-state index contributed by atoms with van der Waals surface area (Å²) in [4.78, 5) is 1.94. The molecular formula is C8H16NS. The van der Waals surface area contributed by atoms with Crippen LogP contribution in [0.15, 0.2) is 0 Å². The third kappa shape index (κ3) is 2.65. The summed E-state index contributed by atoms with van der Waals surface area (Å²) in [5, 5.41) is 0. The smallest absolute Gasteiger partial charge is 0.136 e. The van der Waals surface area contributed by atoms with E-state index < -0.39 is 0 Å². The molecule has 1 atom stereocenters. The van der Waals surface area contributed by atoms with E-state index in [-0.39, 0.29) is 5.41 Å². The van der Waals surface area contributed by atoms with Gasteiger partial charge in [-0.2, -0.15) is 0 Å². The highest BCUT2D eigenvalue weighted by molar-refractivity contribution is 7.78. The molecule has 10 heavy (non-hydrogen) atoms. The van der Waals surface area contributed by atoms with Crippen LogP contribution < -0.4 is 0 Å². The molecule has 1 radical (unpaired) electrons. The topological polar surface area (TPSA) is 3.24 Å². The summed E-state index contributed by atoms with van der Waals surface area (Å²) in [6.07, 6.45) is 0. The predicted molar refractivity (Wildman–Crippen MR) is 49.3 cm³/mol. The van der Waals surface area contributed by atoms with Crippen LogP contribution in [0.25, 0.3) is 0 Å². The first-order valence-electron chi connectivity index (χ1n) is 3.50. The van der Waals surface area contributed by atoms with E-state index in [9.17, 15) is 0 Å². The number of nitrogens with zero attached hydrogens (tertiary/aromatic N) is 1. The highest BCUT2D eigenvalue weighted by Crippen LogP contribution is 2.21. The Hall–Kier alpha value is -0.110. The standard InChI is InChI=1S/C8H16NS/c1-7(8(2,3)4)9(5)6-10/h7H,1-5H3. The summed E-state index contributed by atoms with van der Waals surface area (Å²) in [6, 6.07) is 0.449. The summed E-state index contributed by atoms with van der Waals surface area (Å²) in [5.41, 5.74) is 2.97. The van der Waals surface area contributed by atoms with Gasteiger partial charge in [0.25, 0.3) is 0 Å². The van der Waals surface area contributed by atoms with Crippen LogP contribution in [-0.2, 0) is 0 Å². The fourth-order valence-corrected chi connectivity index (χ4v) is 0.818. The minimum atomic E-state index is 0.278.